The zero-order valence-electron chi connectivity index (χ0n) is 2.21. The van der Waals surface area contributed by atoms with Gasteiger partial charge in [0.15, 0.2) is 0 Å². The molecule has 1 unspecified atom stereocenters. The molecule has 1 atom stereocenters. The van der Waals surface area contributed by atoms with E-state index in [9.17, 15) is 4.57 Å². The van der Waals surface area contributed by atoms with Gasteiger partial charge in [0, 0.05) is 0 Å². The molecule has 0 aliphatic rings. The second-order valence-electron chi connectivity index (χ2n) is 0.257. The highest BCUT2D eigenvalue weighted by Crippen LogP contribution is 2.21. The average Bonchev–Trinajstić information content (AvgIpc) is 1.41. The summed E-state index contributed by atoms with van der Waals surface area (Å²) in [5.74, 6) is 0. The van der Waals surface area contributed by atoms with E-state index in [0.717, 1.165) is 0 Å². The normalized spacial score (nSPS) is 11.4. The number of rotatable bonds is 2. The molecule has 0 amide bonds. The summed E-state index contributed by atoms with van der Waals surface area (Å²) >= 11 is 3.60. The topological polar surface area (TPSA) is 26.3 Å². The fraction of sp³-hybridized carbons (Fsp3) is 0. The third-order valence-corrected chi connectivity index (χ3v) is 1.44. The van der Waals surface area contributed by atoms with Gasteiger partial charge in [0.1, 0.15) is 0 Å². The van der Waals surface area contributed by atoms with Crippen molar-refractivity contribution in [2.75, 3.05) is 0 Å². The van der Waals surface area contributed by atoms with E-state index in [1.807, 2.05) is 0 Å². The summed E-state index contributed by atoms with van der Waals surface area (Å²) in [5.41, 5.74) is 0. The minimum Gasteiger partial charge on any atom is -0.264 e. The van der Waals surface area contributed by atoms with Gasteiger partial charge in [-0.25, -0.2) is 4.57 Å². The molecule has 2 nitrogen and oxygen atoms in total. The lowest BCUT2D eigenvalue weighted by Crippen LogP contribution is -1.27. The van der Waals surface area contributed by atoms with Crippen LogP contribution in [0, 0.1) is 0 Å². The monoisotopic (exact) mass is 128 g/mol. The van der Waals surface area contributed by atoms with Gasteiger partial charge in [-0.2, -0.15) is 0 Å². The van der Waals surface area contributed by atoms with Crippen LogP contribution in [0.1, 0.15) is 0 Å². The smallest absolute Gasteiger partial charge is 0.264 e. The molecule has 0 saturated heterocycles. The summed E-state index contributed by atoms with van der Waals surface area (Å²) in [5, 5.41) is 0. The Labute approximate surface area is 38.6 Å². The molecule has 0 heterocycles. The first-order valence-electron chi connectivity index (χ1n) is 0.793. The van der Waals surface area contributed by atoms with Gasteiger partial charge in [-0.05, 0) is 0 Å². The first kappa shape index (κ1) is 5.84. The van der Waals surface area contributed by atoms with Crippen molar-refractivity contribution in [3.05, 3.63) is 0 Å². The Hall–Kier alpha value is 0.840. The molecule has 0 aliphatic heterocycles. The molecule has 0 radical (unpaired) electrons. The number of hydrogen-bond donors (Lipinski definition) is 1. The lowest BCUT2D eigenvalue weighted by atomic mass is 15.8. The molecule has 0 bridgehead atoms. The van der Waals surface area contributed by atoms with Crippen LogP contribution in [0.4, 0.5) is 0 Å². The molecule has 0 aliphatic carbocycles. The molecular formula is H2O2P2S. The van der Waals surface area contributed by atoms with Crippen molar-refractivity contribution in [1.29, 1.82) is 0 Å². The highest BCUT2D eigenvalue weighted by atomic mass is 32.7. The van der Waals surface area contributed by atoms with Crippen molar-refractivity contribution >= 4 is 28.9 Å². The van der Waals surface area contributed by atoms with E-state index in [-0.39, 0.29) is 16.7 Å². The molecule has 5 heteroatoms. The maximum absolute atomic E-state index is 9.24. The van der Waals surface area contributed by atoms with Gasteiger partial charge in [-0.15, -0.1) is 12.2 Å². The predicted octanol–water partition coefficient (Wildman–Crippen LogP) is 1.65. The fourth-order valence-electron chi connectivity index (χ4n) is 0.0167. The van der Waals surface area contributed by atoms with Crippen LogP contribution in [-0.4, -0.2) is 0 Å². The lowest BCUT2D eigenvalue weighted by Gasteiger charge is -1.71. The van der Waals surface area contributed by atoms with Crippen LogP contribution in [0.2, 0.25) is 0 Å². The van der Waals surface area contributed by atoms with Crippen molar-refractivity contribution < 1.29 is 8.88 Å². The van der Waals surface area contributed by atoms with Crippen molar-refractivity contribution in [1.82, 2.24) is 0 Å². The summed E-state index contributed by atoms with van der Waals surface area (Å²) in [4.78, 5) is 0. The van der Waals surface area contributed by atoms with Crippen molar-refractivity contribution in [2.45, 2.75) is 0 Å². The number of hydrogen-bond acceptors (Lipinski definition) is 3. The molecule has 0 aromatic rings. The Balaban J connectivity index is 2.40. The van der Waals surface area contributed by atoms with Gasteiger partial charge < -0.3 is 0 Å². The third kappa shape index (κ3) is 4.84. The van der Waals surface area contributed by atoms with E-state index in [2.05, 4.69) is 16.6 Å². The highest BCUT2D eigenvalue weighted by Gasteiger charge is 1.66. The SMILES string of the molecule is O=POPS. The summed E-state index contributed by atoms with van der Waals surface area (Å²) in [6.07, 6.45) is 0. The minimum absolute atomic E-state index is 0.0274. The Morgan fingerprint density at radius 1 is 2.00 bits per heavy atom. The van der Waals surface area contributed by atoms with Gasteiger partial charge >= 0.3 is 8.69 Å². The van der Waals surface area contributed by atoms with Crippen LogP contribution in [0.5, 0.6) is 0 Å². The molecule has 0 N–H and O–H groups in total. The molecule has 0 rings (SSSR count). The standard InChI is InChI=1S/H2O2P2S/c1-3-2-4-5/h4-5H. The molecule has 0 aromatic heterocycles. The van der Waals surface area contributed by atoms with Crippen LogP contribution in [-0.2, 0) is 8.88 Å². The molecule has 0 saturated carbocycles. The lowest BCUT2D eigenvalue weighted by molar-refractivity contribution is 0.552. The van der Waals surface area contributed by atoms with E-state index in [4.69, 9.17) is 0 Å². The first-order chi connectivity index (χ1) is 2.41. The van der Waals surface area contributed by atoms with Crippen LogP contribution in [0.15, 0.2) is 0 Å². The maximum Gasteiger partial charge on any atom is 0.331 e. The number of thiol groups is 1. The van der Waals surface area contributed by atoms with Crippen LogP contribution in [0.25, 0.3) is 0 Å². The van der Waals surface area contributed by atoms with E-state index >= 15 is 0 Å². The second kappa shape index (κ2) is 4.84. The zero-order chi connectivity index (χ0) is 4.12. The van der Waals surface area contributed by atoms with Gasteiger partial charge in [0.25, 0.3) is 0 Å². The minimum atomic E-state index is -0.284. The quantitative estimate of drug-likeness (QED) is 0.452. The molecule has 0 fully saturated rings. The van der Waals surface area contributed by atoms with Gasteiger partial charge in [-0.3, -0.25) is 4.31 Å². The maximum atomic E-state index is 9.24. The molecule has 5 heavy (non-hydrogen) atoms. The average molecular weight is 128 g/mol. The van der Waals surface area contributed by atoms with Gasteiger partial charge in [0.05, 0.1) is 8.01 Å². The Kier molecular flexibility index (Phi) is 5.65. The third-order valence-electron chi connectivity index (χ3n) is 0.0781. The Morgan fingerprint density at radius 3 is 2.60 bits per heavy atom. The predicted molar refractivity (Wildman–Crippen MR) is 26.0 cm³/mol. The summed E-state index contributed by atoms with van der Waals surface area (Å²) < 4.78 is 13.4. The second-order valence-corrected chi connectivity index (χ2v) is 1.87. The van der Waals surface area contributed by atoms with Gasteiger partial charge in [0.2, 0.25) is 0 Å². The fourth-order valence-corrected chi connectivity index (χ4v) is 0.450. The largest absolute Gasteiger partial charge is 0.331 e. The molecular weight excluding hydrogens is 126 g/mol. The van der Waals surface area contributed by atoms with E-state index in [1.165, 1.54) is 0 Å². The van der Waals surface area contributed by atoms with Crippen molar-refractivity contribution in [2.24, 2.45) is 0 Å². The zero-order valence-corrected chi connectivity index (χ0v) is 5.00. The summed E-state index contributed by atoms with van der Waals surface area (Å²) in [6.45, 7) is 0. The van der Waals surface area contributed by atoms with E-state index in [1.54, 1.807) is 0 Å². The van der Waals surface area contributed by atoms with Crippen LogP contribution >= 0.6 is 28.9 Å². The van der Waals surface area contributed by atoms with Crippen LogP contribution in [0.3, 0.4) is 0 Å². The Morgan fingerprint density at radius 2 is 2.60 bits per heavy atom. The van der Waals surface area contributed by atoms with Crippen molar-refractivity contribution in [3.8, 4) is 0 Å². The van der Waals surface area contributed by atoms with Crippen LogP contribution < -0.4 is 0 Å². The highest BCUT2D eigenvalue weighted by molar-refractivity contribution is 8.37. The molecule has 30 valence electrons. The van der Waals surface area contributed by atoms with Crippen molar-refractivity contribution in [3.63, 3.8) is 0 Å². The molecule has 0 spiro atoms. The summed E-state index contributed by atoms with van der Waals surface area (Å²) in [7, 11) is -0.257. The molecule has 0 aromatic carbocycles. The Bertz CT molecular complexity index is 28.8. The van der Waals surface area contributed by atoms with E-state index in [0.29, 0.717) is 0 Å². The first-order valence-corrected chi connectivity index (χ1v) is 3.72. The van der Waals surface area contributed by atoms with Gasteiger partial charge in [-0.1, -0.05) is 0 Å². The van der Waals surface area contributed by atoms with E-state index < -0.39 is 0 Å². The summed E-state index contributed by atoms with van der Waals surface area (Å²) in [6, 6.07) is 0.